The molecule has 1 heterocycles. The fraction of sp³-hybridized carbons (Fsp3) is 0.0857. The molecule has 0 bridgehead atoms. The minimum absolute atomic E-state index is 0.0239. The van der Waals surface area contributed by atoms with E-state index in [1.54, 1.807) is 24.3 Å². The first-order chi connectivity index (χ1) is 22.0. The predicted molar refractivity (Wildman–Crippen MR) is 181 cm³/mol. The summed E-state index contributed by atoms with van der Waals surface area (Å²) < 4.78 is 65.7. The molecule has 0 aliphatic heterocycles. The van der Waals surface area contributed by atoms with Crippen molar-refractivity contribution in [3.63, 3.8) is 0 Å². The van der Waals surface area contributed by atoms with Crippen LogP contribution < -0.4 is 14.2 Å². The number of rotatable bonds is 9. The SMILES string of the molecule is COc1cc(NS(=O)(=O)c2ccc(C)cc2)c(-c2nc(-c3ccccc3)c3ccccc3n2)c(NS(=O)(=O)c2ccc(C)cc2)c1. The number of nitrogens with one attached hydrogen (secondary N) is 2. The van der Waals surface area contributed by atoms with Gasteiger partial charge in [-0.15, -0.1) is 0 Å². The molecule has 6 rings (SSSR count). The summed E-state index contributed by atoms with van der Waals surface area (Å²) in [6.07, 6.45) is 0. The summed E-state index contributed by atoms with van der Waals surface area (Å²) in [6, 6.07) is 32.7. The Morgan fingerprint density at radius 1 is 0.609 bits per heavy atom. The van der Waals surface area contributed by atoms with Crippen LogP contribution in [0.25, 0.3) is 33.5 Å². The van der Waals surface area contributed by atoms with Gasteiger partial charge in [-0.2, -0.15) is 0 Å². The molecule has 1 aromatic heterocycles. The Morgan fingerprint density at radius 3 is 1.63 bits per heavy atom. The molecule has 2 N–H and O–H groups in total. The zero-order valence-electron chi connectivity index (χ0n) is 25.2. The van der Waals surface area contributed by atoms with Crippen molar-refractivity contribution in [3.8, 4) is 28.4 Å². The fourth-order valence-corrected chi connectivity index (χ4v) is 7.11. The summed E-state index contributed by atoms with van der Waals surface area (Å²) >= 11 is 0. The van der Waals surface area contributed by atoms with Gasteiger partial charge < -0.3 is 4.74 Å². The van der Waals surface area contributed by atoms with Crippen LogP contribution in [0.2, 0.25) is 0 Å². The largest absolute Gasteiger partial charge is 0.497 e. The molecule has 6 aromatic rings. The van der Waals surface area contributed by atoms with Crippen molar-refractivity contribution >= 4 is 42.3 Å². The third kappa shape index (κ3) is 6.28. The first-order valence-electron chi connectivity index (χ1n) is 14.3. The molecule has 0 radical (unpaired) electrons. The first kappa shape index (κ1) is 30.8. The van der Waals surface area contributed by atoms with E-state index in [4.69, 9.17) is 14.7 Å². The number of ether oxygens (including phenoxy) is 1. The third-order valence-electron chi connectivity index (χ3n) is 7.37. The minimum Gasteiger partial charge on any atom is -0.497 e. The number of hydrogen-bond donors (Lipinski definition) is 2. The minimum atomic E-state index is -4.15. The van der Waals surface area contributed by atoms with E-state index in [0.717, 1.165) is 22.1 Å². The molecule has 0 amide bonds. The maximum Gasteiger partial charge on any atom is 0.261 e. The highest BCUT2D eigenvalue weighted by atomic mass is 32.2. The van der Waals surface area contributed by atoms with Crippen LogP contribution in [0.4, 0.5) is 11.4 Å². The lowest BCUT2D eigenvalue weighted by Gasteiger charge is -2.20. The Hall–Kier alpha value is -5.26. The van der Waals surface area contributed by atoms with E-state index in [2.05, 4.69) is 9.44 Å². The number of aromatic nitrogens is 2. The van der Waals surface area contributed by atoms with E-state index in [0.29, 0.717) is 11.2 Å². The highest BCUT2D eigenvalue weighted by Gasteiger charge is 2.26. The average Bonchev–Trinajstić information content (AvgIpc) is 3.04. The van der Waals surface area contributed by atoms with E-state index < -0.39 is 20.0 Å². The average molecular weight is 651 g/mol. The van der Waals surface area contributed by atoms with Crippen LogP contribution in [0.15, 0.2) is 125 Å². The van der Waals surface area contributed by atoms with Crippen LogP contribution in [0.3, 0.4) is 0 Å². The smallest absolute Gasteiger partial charge is 0.261 e. The molecule has 0 aliphatic carbocycles. The lowest BCUT2D eigenvalue weighted by Crippen LogP contribution is -2.17. The van der Waals surface area contributed by atoms with Gasteiger partial charge in [0.15, 0.2) is 5.82 Å². The van der Waals surface area contributed by atoms with Gasteiger partial charge >= 0.3 is 0 Å². The molecular weight excluding hydrogens is 621 g/mol. The van der Waals surface area contributed by atoms with Crippen molar-refractivity contribution in [2.75, 3.05) is 16.6 Å². The number of sulfonamides is 2. The number of anilines is 2. The summed E-state index contributed by atoms with van der Waals surface area (Å²) in [6.45, 7) is 3.72. The van der Waals surface area contributed by atoms with Crippen molar-refractivity contribution in [2.24, 2.45) is 0 Å². The van der Waals surface area contributed by atoms with Crippen LogP contribution in [0.1, 0.15) is 11.1 Å². The van der Waals surface area contributed by atoms with Crippen molar-refractivity contribution in [3.05, 3.63) is 126 Å². The monoisotopic (exact) mass is 650 g/mol. The number of hydrogen-bond acceptors (Lipinski definition) is 7. The van der Waals surface area contributed by atoms with Crippen molar-refractivity contribution < 1.29 is 21.6 Å². The maximum atomic E-state index is 13.7. The highest BCUT2D eigenvalue weighted by Crippen LogP contribution is 2.41. The number of para-hydroxylation sites is 1. The van der Waals surface area contributed by atoms with Gasteiger partial charge in [0.2, 0.25) is 0 Å². The summed E-state index contributed by atoms with van der Waals surface area (Å²) in [5.41, 5.74) is 3.94. The highest BCUT2D eigenvalue weighted by molar-refractivity contribution is 7.93. The number of benzene rings is 5. The van der Waals surface area contributed by atoms with Crippen LogP contribution >= 0.6 is 0 Å². The predicted octanol–water partition coefficient (Wildman–Crippen LogP) is 7.19. The molecule has 0 aliphatic rings. The third-order valence-corrected chi connectivity index (χ3v) is 10.1. The van der Waals surface area contributed by atoms with E-state index in [1.807, 2.05) is 68.4 Å². The molecule has 0 saturated heterocycles. The quantitative estimate of drug-likeness (QED) is 0.170. The Bertz CT molecular complexity index is 2180. The van der Waals surface area contributed by atoms with Gasteiger partial charge in [-0.05, 0) is 44.2 Å². The molecule has 0 fully saturated rings. The second kappa shape index (κ2) is 12.3. The van der Waals surface area contributed by atoms with Gasteiger partial charge in [-0.3, -0.25) is 9.44 Å². The van der Waals surface area contributed by atoms with Gasteiger partial charge in [0, 0.05) is 23.1 Å². The maximum absolute atomic E-state index is 13.7. The van der Waals surface area contributed by atoms with E-state index in [1.165, 1.54) is 43.5 Å². The van der Waals surface area contributed by atoms with Crippen LogP contribution in [-0.4, -0.2) is 33.9 Å². The number of methoxy groups -OCH3 is 1. The van der Waals surface area contributed by atoms with E-state index in [-0.39, 0.29) is 38.3 Å². The van der Waals surface area contributed by atoms with Crippen LogP contribution in [-0.2, 0) is 20.0 Å². The molecule has 46 heavy (non-hydrogen) atoms. The van der Waals surface area contributed by atoms with Gasteiger partial charge in [-0.1, -0.05) is 83.9 Å². The van der Waals surface area contributed by atoms with Crippen LogP contribution in [0, 0.1) is 13.8 Å². The molecule has 0 saturated carbocycles. The lowest BCUT2D eigenvalue weighted by atomic mass is 10.0. The second-order valence-electron chi connectivity index (χ2n) is 10.7. The lowest BCUT2D eigenvalue weighted by molar-refractivity contribution is 0.415. The Balaban J connectivity index is 1.62. The Labute approximate surface area is 268 Å². The summed E-state index contributed by atoms with van der Waals surface area (Å²) in [5.74, 6) is 0.305. The van der Waals surface area contributed by atoms with Gasteiger partial charge in [0.25, 0.3) is 20.0 Å². The Morgan fingerprint density at radius 2 is 1.11 bits per heavy atom. The Kier molecular flexibility index (Phi) is 8.20. The molecule has 0 atom stereocenters. The van der Waals surface area contributed by atoms with Gasteiger partial charge in [0.05, 0.1) is 45.0 Å². The van der Waals surface area contributed by atoms with Crippen LogP contribution in [0.5, 0.6) is 5.75 Å². The molecule has 9 nitrogen and oxygen atoms in total. The topological polar surface area (TPSA) is 127 Å². The van der Waals surface area contributed by atoms with Crippen molar-refractivity contribution in [2.45, 2.75) is 23.6 Å². The normalized spacial score (nSPS) is 11.7. The number of nitrogens with zero attached hydrogens (tertiary/aromatic N) is 2. The van der Waals surface area contributed by atoms with Crippen molar-refractivity contribution in [1.29, 1.82) is 0 Å². The second-order valence-corrected chi connectivity index (χ2v) is 14.1. The molecule has 232 valence electrons. The first-order valence-corrected chi connectivity index (χ1v) is 17.2. The zero-order valence-corrected chi connectivity index (χ0v) is 26.9. The summed E-state index contributed by atoms with van der Waals surface area (Å²) in [4.78, 5) is 9.79. The molecule has 0 spiro atoms. The fourth-order valence-electron chi connectivity index (χ4n) is 4.98. The van der Waals surface area contributed by atoms with E-state index >= 15 is 0 Å². The van der Waals surface area contributed by atoms with Crippen molar-refractivity contribution in [1.82, 2.24) is 9.97 Å². The molecule has 11 heteroatoms. The molecular formula is C35H30N4O5S2. The number of aryl methyl sites for hydroxylation is 2. The van der Waals surface area contributed by atoms with E-state index in [9.17, 15) is 16.8 Å². The van der Waals surface area contributed by atoms with Gasteiger partial charge in [-0.25, -0.2) is 26.8 Å². The zero-order chi connectivity index (χ0) is 32.5. The molecule has 0 unspecified atom stereocenters. The summed E-state index contributed by atoms with van der Waals surface area (Å²) in [7, 11) is -6.88. The molecule has 5 aromatic carbocycles. The number of fused-ring (bicyclic) bond motifs is 1. The van der Waals surface area contributed by atoms with Gasteiger partial charge in [0.1, 0.15) is 5.75 Å². The standard InChI is InChI=1S/C35H30N4O5S2/c1-23-13-17-27(18-14-23)45(40,41)38-31-21-26(44-3)22-32(39-46(42,43)28-19-15-24(2)16-20-28)33(31)35-36-30-12-8-7-11-29(30)34(37-35)25-9-5-4-6-10-25/h4-22,38-39H,1-3H3. The summed E-state index contributed by atoms with van der Waals surface area (Å²) in [5, 5.41) is 0.773.